The first-order valence-electron chi connectivity index (χ1n) is 9.32. The molecule has 1 aromatic carbocycles. The van der Waals surface area contributed by atoms with E-state index >= 15 is 0 Å². The fourth-order valence-corrected chi connectivity index (χ4v) is 2.76. The zero-order chi connectivity index (χ0) is 21.7. The summed E-state index contributed by atoms with van der Waals surface area (Å²) in [7, 11) is -4.35. The Kier molecular flexibility index (Phi) is 10.9. The molecule has 0 saturated carbocycles. The van der Waals surface area contributed by atoms with Crippen molar-refractivity contribution in [1.82, 2.24) is 0 Å². The van der Waals surface area contributed by atoms with E-state index in [1.807, 2.05) is 0 Å². The van der Waals surface area contributed by atoms with Gasteiger partial charge < -0.3 is 14.2 Å². The van der Waals surface area contributed by atoms with Crippen LogP contribution < -0.4 is 4.74 Å². The lowest BCUT2D eigenvalue weighted by molar-refractivity contribution is -0.162. The lowest BCUT2D eigenvalue weighted by Crippen LogP contribution is -2.22. The molecule has 0 aliphatic heterocycles. The largest absolute Gasteiger partial charge is 0.454 e. The Bertz CT molecular complexity index is 769. The van der Waals surface area contributed by atoms with Gasteiger partial charge in [0.05, 0.1) is 4.90 Å². The molecule has 0 spiro atoms. The maximum absolute atomic E-state index is 11.6. The Hall–Kier alpha value is -2.46. The smallest absolute Gasteiger partial charge is 0.349 e. The van der Waals surface area contributed by atoms with Crippen molar-refractivity contribution in [1.29, 1.82) is 0 Å². The van der Waals surface area contributed by atoms with E-state index < -0.39 is 41.2 Å². The molecule has 0 heterocycles. The predicted molar refractivity (Wildman–Crippen MR) is 102 cm³/mol. The summed E-state index contributed by atoms with van der Waals surface area (Å²) in [5.74, 6) is -2.29. The molecule has 0 unspecified atom stereocenters. The maximum Gasteiger partial charge on any atom is 0.349 e. The molecule has 1 rings (SSSR count). The van der Waals surface area contributed by atoms with Crippen LogP contribution in [0.4, 0.5) is 0 Å². The van der Waals surface area contributed by atoms with Crippen LogP contribution in [0.2, 0.25) is 0 Å². The van der Waals surface area contributed by atoms with Crippen molar-refractivity contribution in [3.8, 4) is 5.75 Å². The second kappa shape index (κ2) is 12.9. The highest BCUT2D eigenvalue weighted by Gasteiger charge is 2.13. The Balaban J connectivity index is 2.20. The van der Waals surface area contributed by atoms with E-state index in [0.717, 1.165) is 49.9 Å². The molecule has 0 amide bonds. The third-order valence-electron chi connectivity index (χ3n) is 3.79. The average Bonchev–Trinajstić information content (AvgIpc) is 2.67. The number of unbranched alkanes of at least 4 members (excludes halogenated alkanes) is 5. The highest BCUT2D eigenvalue weighted by Crippen LogP contribution is 2.15. The average molecular weight is 430 g/mol. The molecule has 0 fully saturated rings. The SMILES string of the molecule is CCCCCCCCC(=O)OCC(=O)OCC(=O)Oc1ccc(S(=O)(=O)O)cc1. The molecule has 0 atom stereocenters. The number of esters is 3. The third kappa shape index (κ3) is 11.2. The molecule has 1 aromatic rings. The van der Waals surface area contributed by atoms with Gasteiger partial charge in [0.25, 0.3) is 10.1 Å². The van der Waals surface area contributed by atoms with E-state index in [9.17, 15) is 22.8 Å². The first kappa shape index (κ1) is 24.6. The van der Waals surface area contributed by atoms with Gasteiger partial charge in [-0.15, -0.1) is 0 Å². The van der Waals surface area contributed by atoms with Crippen molar-refractivity contribution in [3.63, 3.8) is 0 Å². The monoisotopic (exact) mass is 430 g/mol. The van der Waals surface area contributed by atoms with Gasteiger partial charge in [-0.1, -0.05) is 39.0 Å². The number of rotatable bonds is 13. The van der Waals surface area contributed by atoms with Crippen LogP contribution in [0.15, 0.2) is 29.2 Å². The Labute approximate surface area is 170 Å². The summed E-state index contributed by atoms with van der Waals surface area (Å²) in [4.78, 5) is 34.3. The standard InChI is InChI=1S/C19H26O9S/c1-2-3-4-5-6-7-8-17(20)26-13-18(21)27-14-19(22)28-15-9-11-16(12-10-15)29(23,24)25/h9-12H,2-8,13-14H2,1H3,(H,23,24,25). The first-order chi connectivity index (χ1) is 13.7. The van der Waals surface area contributed by atoms with E-state index in [1.165, 1.54) is 6.42 Å². The Morgan fingerprint density at radius 3 is 2.00 bits per heavy atom. The molecule has 0 radical (unpaired) electrons. The van der Waals surface area contributed by atoms with Gasteiger partial charge in [-0.05, 0) is 30.7 Å². The van der Waals surface area contributed by atoms with Crippen LogP contribution in [-0.4, -0.2) is 44.1 Å². The lowest BCUT2D eigenvalue weighted by atomic mass is 10.1. The van der Waals surface area contributed by atoms with E-state index in [0.29, 0.717) is 6.42 Å². The zero-order valence-electron chi connectivity index (χ0n) is 16.3. The van der Waals surface area contributed by atoms with Crippen molar-refractivity contribution in [3.05, 3.63) is 24.3 Å². The van der Waals surface area contributed by atoms with Crippen LogP contribution in [0.25, 0.3) is 0 Å². The molecule has 29 heavy (non-hydrogen) atoms. The second-order valence-electron chi connectivity index (χ2n) is 6.26. The number of ether oxygens (including phenoxy) is 3. The third-order valence-corrected chi connectivity index (χ3v) is 4.66. The Morgan fingerprint density at radius 2 is 1.38 bits per heavy atom. The minimum atomic E-state index is -4.35. The van der Waals surface area contributed by atoms with Crippen LogP contribution in [0, 0.1) is 0 Å². The van der Waals surface area contributed by atoms with Gasteiger partial charge in [-0.25, -0.2) is 9.59 Å². The van der Waals surface area contributed by atoms with Crippen LogP contribution in [-0.2, 0) is 34.0 Å². The lowest BCUT2D eigenvalue weighted by Gasteiger charge is -2.07. The summed E-state index contributed by atoms with van der Waals surface area (Å²) in [6.07, 6.45) is 6.37. The number of hydrogen-bond acceptors (Lipinski definition) is 8. The second-order valence-corrected chi connectivity index (χ2v) is 7.68. The summed E-state index contributed by atoms with van der Waals surface area (Å²) < 4.78 is 45.0. The number of hydrogen-bond donors (Lipinski definition) is 1. The summed E-state index contributed by atoms with van der Waals surface area (Å²) in [5.41, 5.74) is 0. The normalized spacial score (nSPS) is 11.0. The molecular weight excluding hydrogens is 404 g/mol. The Morgan fingerprint density at radius 1 is 0.828 bits per heavy atom. The molecule has 0 aromatic heterocycles. The van der Waals surface area contributed by atoms with Crippen molar-refractivity contribution < 1.29 is 41.6 Å². The molecule has 0 saturated heterocycles. The number of carbonyl (C=O) groups is 3. The summed E-state index contributed by atoms with van der Waals surface area (Å²) in [6, 6.07) is 4.42. The molecule has 1 N–H and O–H groups in total. The summed E-state index contributed by atoms with van der Waals surface area (Å²) in [5, 5.41) is 0. The zero-order valence-corrected chi connectivity index (χ0v) is 17.1. The fraction of sp³-hybridized carbons (Fsp3) is 0.526. The summed E-state index contributed by atoms with van der Waals surface area (Å²) >= 11 is 0. The maximum atomic E-state index is 11.6. The van der Waals surface area contributed by atoms with E-state index in [1.54, 1.807) is 0 Å². The minimum Gasteiger partial charge on any atom is -0.454 e. The van der Waals surface area contributed by atoms with E-state index in [4.69, 9.17) is 14.0 Å². The van der Waals surface area contributed by atoms with E-state index in [-0.39, 0.29) is 17.1 Å². The van der Waals surface area contributed by atoms with Crippen molar-refractivity contribution in [2.45, 2.75) is 56.8 Å². The van der Waals surface area contributed by atoms with Gasteiger partial charge in [0, 0.05) is 6.42 Å². The first-order valence-corrected chi connectivity index (χ1v) is 10.8. The highest BCUT2D eigenvalue weighted by molar-refractivity contribution is 7.85. The molecule has 162 valence electrons. The van der Waals surface area contributed by atoms with Gasteiger partial charge in [-0.3, -0.25) is 9.35 Å². The van der Waals surface area contributed by atoms with Gasteiger partial charge in [0.15, 0.2) is 13.2 Å². The van der Waals surface area contributed by atoms with Gasteiger partial charge >= 0.3 is 17.9 Å². The predicted octanol–water partition coefficient (Wildman–Crippen LogP) is 2.68. The minimum absolute atomic E-state index is 0.00353. The van der Waals surface area contributed by atoms with Crippen molar-refractivity contribution >= 4 is 28.0 Å². The molecule has 9 nitrogen and oxygen atoms in total. The summed E-state index contributed by atoms with van der Waals surface area (Å²) in [6.45, 7) is 0.832. The van der Waals surface area contributed by atoms with Gasteiger partial charge in [0.1, 0.15) is 5.75 Å². The fourth-order valence-electron chi connectivity index (χ4n) is 2.28. The highest BCUT2D eigenvalue weighted by atomic mass is 32.2. The van der Waals surface area contributed by atoms with Crippen LogP contribution in [0.3, 0.4) is 0 Å². The molecule has 0 aliphatic rings. The molecule has 10 heteroatoms. The van der Waals surface area contributed by atoms with E-state index in [2.05, 4.69) is 11.7 Å². The molecular formula is C19H26O9S. The van der Waals surface area contributed by atoms with Gasteiger partial charge in [0.2, 0.25) is 0 Å². The van der Waals surface area contributed by atoms with Crippen molar-refractivity contribution in [2.24, 2.45) is 0 Å². The molecule has 0 aliphatic carbocycles. The number of benzene rings is 1. The van der Waals surface area contributed by atoms with Crippen molar-refractivity contribution in [2.75, 3.05) is 13.2 Å². The molecule has 0 bridgehead atoms. The van der Waals surface area contributed by atoms with Crippen LogP contribution in [0.1, 0.15) is 51.9 Å². The topological polar surface area (TPSA) is 133 Å². The van der Waals surface area contributed by atoms with Crippen LogP contribution in [0.5, 0.6) is 5.75 Å². The number of carbonyl (C=O) groups excluding carboxylic acids is 3. The van der Waals surface area contributed by atoms with Crippen LogP contribution >= 0.6 is 0 Å². The van der Waals surface area contributed by atoms with Gasteiger partial charge in [-0.2, -0.15) is 8.42 Å². The quantitative estimate of drug-likeness (QED) is 0.217.